The van der Waals surface area contributed by atoms with Gasteiger partial charge in [-0.15, -0.1) is 0 Å². The monoisotopic (exact) mass is 552 g/mol. The number of H-pyrrole nitrogens is 1. The van der Waals surface area contributed by atoms with Crippen molar-refractivity contribution in [1.82, 2.24) is 30.0 Å². The van der Waals surface area contributed by atoms with Gasteiger partial charge >= 0.3 is 0 Å². The van der Waals surface area contributed by atoms with Crippen LogP contribution in [-0.4, -0.2) is 89.9 Å². The fourth-order valence-electron chi connectivity index (χ4n) is 6.80. The van der Waals surface area contributed by atoms with Crippen molar-refractivity contribution in [2.75, 3.05) is 53.6 Å². The third-order valence-electron chi connectivity index (χ3n) is 9.22. The molecule has 9 heteroatoms. The fraction of sp³-hybridized carbons (Fsp3) is 0.438. The number of pyridine rings is 2. The Bertz CT molecular complexity index is 1580. The van der Waals surface area contributed by atoms with Gasteiger partial charge in [-0.25, -0.2) is 4.98 Å². The first-order chi connectivity index (χ1) is 20.1. The first-order valence-corrected chi connectivity index (χ1v) is 14.6. The van der Waals surface area contributed by atoms with E-state index >= 15 is 0 Å². The number of aromatic nitrogens is 4. The van der Waals surface area contributed by atoms with Gasteiger partial charge in [-0.05, 0) is 61.9 Å². The van der Waals surface area contributed by atoms with Crippen LogP contribution in [0.1, 0.15) is 29.7 Å². The van der Waals surface area contributed by atoms with E-state index in [-0.39, 0.29) is 5.41 Å². The lowest BCUT2D eigenvalue weighted by molar-refractivity contribution is -0.117. The second-order valence-corrected chi connectivity index (χ2v) is 11.7. The number of nitrogens with zero attached hydrogens (tertiary/aromatic N) is 5. The number of fused-ring (bicyclic) bond motifs is 3. The van der Waals surface area contributed by atoms with E-state index in [4.69, 9.17) is 19.4 Å². The van der Waals surface area contributed by atoms with Crippen molar-refractivity contribution in [3.8, 4) is 28.3 Å². The van der Waals surface area contributed by atoms with E-state index in [0.717, 1.165) is 110 Å². The number of likely N-dealkylation sites (N-methyl/N-ethyl adjacent to an activating group) is 1. The molecule has 2 atom stereocenters. The third-order valence-corrected chi connectivity index (χ3v) is 9.22. The average Bonchev–Trinajstić information content (AvgIpc) is 3.39. The van der Waals surface area contributed by atoms with Crippen molar-refractivity contribution in [3.63, 3.8) is 0 Å². The van der Waals surface area contributed by atoms with Crippen LogP contribution >= 0.6 is 0 Å². The molecular weight excluding hydrogens is 516 g/mol. The summed E-state index contributed by atoms with van der Waals surface area (Å²) in [5.74, 6) is 1.28. The number of morpholine rings is 1. The van der Waals surface area contributed by atoms with Crippen molar-refractivity contribution in [2.24, 2.45) is 5.92 Å². The second-order valence-electron chi connectivity index (χ2n) is 11.7. The molecule has 1 saturated carbocycles. The number of amides is 1. The van der Waals surface area contributed by atoms with Crippen molar-refractivity contribution in [2.45, 2.75) is 31.1 Å². The van der Waals surface area contributed by atoms with E-state index in [0.29, 0.717) is 5.92 Å². The number of carbonyl (C=O) groups excluding carboxylic acids is 1. The van der Waals surface area contributed by atoms with E-state index < -0.39 is 0 Å². The Morgan fingerprint density at radius 3 is 2.73 bits per heavy atom. The van der Waals surface area contributed by atoms with Crippen LogP contribution in [0.2, 0.25) is 0 Å². The third kappa shape index (κ3) is 4.67. The van der Waals surface area contributed by atoms with Crippen molar-refractivity contribution in [1.29, 1.82) is 0 Å². The molecule has 0 bridgehead atoms. The number of aromatic amines is 1. The van der Waals surface area contributed by atoms with Gasteiger partial charge in [-0.1, -0.05) is 18.2 Å². The fourth-order valence-corrected chi connectivity index (χ4v) is 6.80. The maximum atomic E-state index is 11.2. The Balaban J connectivity index is 0.000000348. The highest BCUT2D eigenvalue weighted by molar-refractivity contribution is 5.93. The summed E-state index contributed by atoms with van der Waals surface area (Å²) in [5, 5.41) is 7.72. The van der Waals surface area contributed by atoms with E-state index in [1.54, 1.807) is 7.11 Å². The molecule has 4 aromatic rings. The minimum atomic E-state index is 0.0412. The lowest BCUT2D eigenvalue weighted by Crippen LogP contribution is -2.32. The number of aryl methyl sites for hydroxylation is 1. The topological polar surface area (TPSA) is 96.5 Å². The Hall–Kier alpha value is -3.82. The van der Waals surface area contributed by atoms with Gasteiger partial charge in [-0.3, -0.25) is 14.9 Å². The van der Waals surface area contributed by atoms with Gasteiger partial charge in [-0.2, -0.15) is 5.10 Å². The Kier molecular flexibility index (Phi) is 6.71. The van der Waals surface area contributed by atoms with Crippen LogP contribution in [0, 0.1) is 5.92 Å². The molecule has 8 rings (SSSR count). The molecule has 0 radical (unpaired) electrons. The summed E-state index contributed by atoms with van der Waals surface area (Å²) in [6.07, 6.45) is 7.33. The number of hydrogen-bond acceptors (Lipinski definition) is 7. The summed E-state index contributed by atoms with van der Waals surface area (Å²) >= 11 is 0. The number of rotatable bonds is 5. The quantitative estimate of drug-likeness (QED) is 0.376. The molecule has 4 aliphatic rings. The second kappa shape index (κ2) is 10.5. The zero-order chi connectivity index (χ0) is 28.0. The smallest absolute Gasteiger partial charge is 0.209 e. The molecule has 9 nitrogen and oxygen atoms in total. The molecule has 3 aromatic heterocycles. The SMILES string of the molecule is CN1CCOCC1.COc1cc2[nH]nc(-c3ccc(C45CC4CN(C=O)C5)nc3)c2nc1-c1cccc2c1CCC2. The number of piperidine rings is 1. The first-order valence-electron chi connectivity index (χ1n) is 14.6. The first kappa shape index (κ1) is 26.1. The highest BCUT2D eigenvalue weighted by Gasteiger charge is 2.61. The molecule has 2 aliphatic carbocycles. The summed E-state index contributed by atoms with van der Waals surface area (Å²) in [5.41, 5.74) is 9.28. The minimum absolute atomic E-state index is 0.0412. The lowest BCUT2D eigenvalue weighted by atomic mass is 9.99. The molecular formula is C32H36N6O3. The molecule has 1 aromatic carbocycles. The lowest BCUT2D eigenvalue weighted by Gasteiger charge is -2.21. The predicted molar refractivity (Wildman–Crippen MR) is 157 cm³/mol. The zero-order valence-corrected chi connectivity index (χ0v) is 23.7. The Labute approximate surface area is 239 Å². The van der Waals surface area contributed by atoms with Crippen LogP contribution in [-0.2, 0) is 27.8 Å². The number of ether oxygens (including phenoxy) is 2. The number of benzene rings is 1. The van der Waals surface area contributed by atoms with Crippen LogP contribution in [0.4, 0.5) is 0 Å². The Morgan fingerprint density at radius 1 is 1.15 bits per heavy atom. The van der Waals surface area contributed by atoms with Crippen molar-refractivity contribution in [3.05, 3.63) is 59.4 Å². The normalized spacial score (nSPS) is 23.1. The summed E-state index contributed by atoms with van der Waals surface area (Å²) in [4.78, 5) is 25.2. The van der Waals surface area contributed by atoms with Gasteiger partial charge in [0, 0.05) is 60.7 Å². The molecule has 2 saturated heterocycles. The molecule has 41 heavy (non-hydrogen) atoms. The summed E-state index contributed by atoms with van der Waals surface area (Å²) in [6.45, 7) is 5.63. The molecule has 0 spiro atoms. The van der Waals surface area contributed by atoms with Gasteiger partial charge in [0.05, 0.1) is 25.8 Å². The van der Waals surface area contributed by atoms with Crippen molar-refractivity contribution < 1.29 is 14.3 Å². The molecule has 5 heterocycles. The summed E-state index contributed by atoms with van der Waals surface area (Å²) < 4.78 is 10.8. The standard InChI is InChI=1S/C27H25N5O2.C5H11NO/c1-34-22-10-21-26(29-25(22)20-7-3-5-16-4-2-6-19(16)20)24(31-30-21)17-8-9-23(28-12-17)27-11-18(27)13-32(14-27)15-33;1-6-2-4-7-5-3-6/h3,5,7-10,12,15,18H,2,4,6,11,13-14H2,1H3,(H,30,31);2-5H2,1H3. The maximum Gasteiger partial charge on any atom is 0.209 e. The largest absolute Gasteiger partial charge is 0.494 e. The van der Waals surface area contributed by atoms with E-state index in [1.165, 1.54) is 17.5 Å². The van der Waals surface area contributed by atoms with Gasteiger partial charge < -0.3 is 19.3 Å². The molecule has 212 valence electrons. The number of nitrogens with one attached hydrogen (secondary N) is 1. The number of carbonyl (C=O) groups is 1. The number of methoxy groups -OCH3 is 1. The average molecular weight is 553 g/mol. The van der Waals surface area contributed by atoms with E-state index in [1.807, 2.05) is 17.2 Å². The maximum absolute atomic E-state index is 11.2. The molecule has 1 N–H and O–H groups in total. The Morgan fingerprint density at radius 2 is 2.02 bits per heavy atom. The highest BCUT2D eigenvalue weighted by Crippen LogP contribution is 2.58. The molecule has 2 aliphatic heterocycles. The van der Waals surface area contributed by atoms with Gasteiger partial charge in [0.1, 0.15) is 22.7 Å². The minimum Gasteiger partial charge on any atom is -0.494 e. The predicted octanol–water partition coefficient (Wildman–Crippen LogP) is 3.86. The molecule has 3 fully saturated rings. The highest BCUT2D eigenvalue weighted by atomic mass is 16.5. The van der Waals surface area contributed by atoms with E-state index in [2.05, 4.69) is 52.5 Å². The van der Waals surface area contributed by atoms with Crippen LogP contribution in [0.3, 0.4) is 0 Å². The van der Waals surface area contributed by atoms with Crippen LogP contribution in [0.25, 0.3) is 33.5 Å². The van der Waals surface area contributed by atoms with Crippen LogP contribution < -0.4 is 4.74 Å². The van der Waals surface area contributed by atoms with Crippen LogP contribution in [0.5, 0.6) is 5.75 Å². The van der Waals surface area contributed by atoms with Gasteiger partial charge in [0.25, 0.3) is 0 Å². The zero-order valence-electron chi connectivity index (χ0n) is 23.7. The number of likely N-dealkylation sites (tertiary alicyclic amines) is 1. The summed E-state index contributed by atoms with van der Waals surface area (Å²) in [6, 6.07) is 12.6. The van der Waals surface area contributed by atoms with Crippen molar-refractivity contribution >= 4 is 17.4 Å². The summed E-state index contributed by atoms with van der Waals surface area (Å²) in [7, 11) is 3.80. The van der Waals surface area contributed by atoms with Crippen LogP contribution in [0.15, 0.2) is 42.6 Å². The number of hydrogen-bond donors (Lipinski definition) is 1. The van der Waals surface area contributed by atoms with Gasteiger partial charge in [0.2, 0.25) is 6.41 Å². The molecule has 2 unspecified atom stereocenters. The van der Waals surface area contributed by atoms with E-state index in [9.17, 15) is 4.79 Å². The molecule has 1 amide bonds. The van der Waals surface area contributed by atoms with Gasteiger partial charge in [0.15, 0.2) is 0 Å².